The first kappa shape index (κ1) is 14.3. The lowest BCUT2D eigenvalue weighted by atomic mass is 9.88. The van der Waals surface area contributed by atoms with Gasteiger partial charge in [-0.3, -0.25) is 4.79 Å². The fourth-order valence-corrected chi connectivity index (χ4v) is 3.90. The third-order valence-corrected chi connectivity index (χ3v) is 3.99. The van der Waals surface area contributed by atoms with Gasteiger partial charge < -0.3 is 4.74 Å². The standard InChI is InChI=1S/C13H23IO2/c1-9-7-10(12(15)16-9)5-6-11(14)8-13(2,3)4/h9-11H,5-8H2,1-4H3/t9-,10+,11?/m0/s1. The minimum absolute atomic E-state index is 0.0202. The summed E-state index contributed by atoms with van der Waals surface area (Å²) in [5.74, 6) is 0.180. The number of ether oxygens (including phenoxy) is 1. The zero-order valence-corrected chi connectivity index (χ0v) is 12.9. The smallest absolute Gasteiger partial charge is 0.309 e. The summed E-state index contributed by atoms with van der Waals surface area (Å²) in [6, 6.07) is 0. The van der Waals surface area contributed by atoms with Gasteiger partial charge in [0.15, 0.2) is 0 Å². The van der Waals surface area contributed by atoms with Crippen molar-refractivity contribution in [2.45, 2.75) is 63.4 Å². The number of hydrogen-bond acceptors (Lipinski definition) is 2. The molecule has 0 saturated carbocycles. The average Bonchev–Trinajstić information content (AvgIpc) is 2.38. The van der Waals surface area contributed by atoms with Crippen molar-refractivity contribution in [1.82, 2.24) is 0 Å². The van der Waals surface area contributed by atoms with Crippen LogP contribution in [0.5, 0.6) is 0 Å². The van der Waals surface area contributed by atoms with Crippen LogP contribution in [0.2, 0.25) is 0 Å². The van der Waals surface area contributed by atoms with Gasteiger partial charge in [0.1, 0.15) is 0 Å². The van der Waals surface area contributed by atoms with E-state index in [1.165, 1.54) is 6.42 Å². The van der Waals surface area contributed by atoms with Crippen molar-refractivity contribution < 1.29 is 9.53 Å². The summed E-state index contributed by atoms with van der Waals surface area (Å²) >= 11 is 2.51. The highest BCUT2D eigenvalue weighted by Crippen LogP contribution is 2.31. The van der Waals surface area contributed by atoms with Crippen LogP contribution in [0, 0.1) is 11.3 Å². The number of cyclic esters (lactones) is 1. The molecule has 0 aromatic heterocycles. The SMILES string of the molecule is C[C@H]1C[C@@H](CCC(I)CC(C)(C)C)C(=O)O1. The molecule has 0 aromatic rings. The van der Waals surface area contributed by atoms with E-state index in [9.17, 15) is 4.79 Å². The van der Waals surface area contributed by atoms with Crippen LogP contribution < -0.4 is 0 Å². The first-order valence-electron chi connectivity index (χ1n) is 6.12. The summed E-state index contributed by atoms with van der Waals surface area (Å²) < 4.78 is 5.83. The molecule has 0 aliphatic carbocycles. The van der Waals surface area contributed by atoms with Gasteiger partial charge in [-0.15, -0.1) is 0 Å². The normalized spacial score (nSPS) is 27.9. The van der Waals surface area contributed by atoms with E-state index in [-0.39, 0.29) is 18.0 Å². The van der Waals surface area contributed by atoms with Gasteiger partial charge in [-0.25, -0.2) is 0 Å². The van der Waals surface area contributed by atoms with Gasteiger partial charge in [-0.05, 0) is 38.0 Å². The topological polar surface area (TPSA) is 26.3 Å². The van der Waals surface area contributed by atoms with Crippen molar-refractivity contribution in [2.75, 3.05) is 0 Å². The predicted molar refractivity (Wildman–Crippen MR) is 74.8 cm³/mol. The highest BCUT2D eigenvalue weighted by atomic mass is 127. The van der Waals surface area contributed by atoms with Gasteiger partial charge in [0, 0.05) is 3.92 Å². The van der Waals surface area contributed by atoms with E-state index < -0.39 is 0 Å². The number of carbonyl (C=O) groups is 1. The molecular weight excluding hydrogens is 315 g/mol. The molecule has 0 radical (unpaired) electrons. The second-order valence-electron chi connectivity index (χ2n) is 6.12. The number of alkyl halides is 1. The minimum atomic E-state index is 0.0202. The van der Waals surface area contributed by atoms with E-state index in [0.29, 0.717) is 9.34 Å². The van der Waals surface area contributed by atoms with Crippen molar-refractivity contribution in [2.24, 2.45) is 11.3 Å². The Labute approximate surface area is 113 Å². The van der Waals surface area contributed by atoms with Gasteiger partial charge in [0.25, 0.3) is 0 Å². The number of carbonyl (C=O) groups excluding carboxylic acids is 1. The quantitative estimate of drug-likeness (QED) is 0.441. The van der Waals surface area contributed by atoms with E-state index in [1.807, 2.05) is 6.92 Å². The first-order valence-corrected chi connectivity index (χ1v) is 7.37. The summed E-state index contributed by atoms with van der Waals surface area (Å²) in [5.41, 5.74) is 0.384. The summed E-state index contributed by atoms with van der Waals surface area (Å²) in [6.45, 7) is 8.79. The fraction of sp³-hybridized carbons (Fsp3) is 0.923. The number of halogens is 1. The molecule has 1 rings (SSSR count). The highest BCUT2D eigenvalue weighted by molar-refractivity contribution is 14.1. The molecule has 16 heavy (non-hydrogen) atoms. The molecule has 0 N–H and O–H groups in total. The molecule has 1 aliphatic heterocycles. The second-order valence-corrected chi connectivity index (χ2v) is 7.88. The van der Waals surface area contributed by atoms with Crippen molar-refractivity contribution in [1.29, 1.82) is 0 Å². The van der Waals surface area contributed by atoms with Crippen LogP contribution in [0.25, 0.3) is 0 Å². The molecule has 1 unspecified atom stereocenters. The van der Waals surface area contributed by atoms with Gasteiger partial charge in [0.2, 0.25) is 0 Å². The fourth-order valence-electron chi connectivity index (χ4n) is 2.22. The zero-order chi connectivity index (χ0) is 12.3. The van der Waals surface area contributed by atoms with Crippen LogP contribution >= 0.6 is 22.6 Å². The molecule has 0 amide bonds. The molecule has 3 atom stereocenters. The van der Waals surface area contributed by atoms with E-state index in [4.69, 9.17) is 4.74 Å². The van der Waals surface area contributed by atoms with E-state index in [2.05, 4.69) is 43.4 Å². The molecule has 1 aliphatic rings. The molecule has 2 nitrogen and oxygen atoms in total. The molecular formula is C13H23IO2. The monoisotopic (exact) mass is 338 g/mol. The van der Waals surface area contributed by atoms with E-state index in [1.54, 1.807) is 0 Å². The maximum Gasteiger partial charge on any atom is 0.309 e. The Hall–Kier alpha value is 0.200. The molecule has 0 spiro atoms. The lowest BCUT2D eigenvalue weighted by Crippen LogP contribution is -2.15. The lowest BCUT2D eigenvalue weighted by molar-refractivity contribution is -0.143. The third-order valence-electron chi connectivity index (χ3n) is 2.93. The first-order chi connectivity index (χ1) is 7.28. The Balaban J connectivity index is 2.27. The Morgan fingerprint density at radius 3 is 2.56 bits per heavy atom. The summed E-state index contributed by atoms with van der Waals surface area (Å²) in [4.78, 5) is 11.5. The molecule has 94 valence electrons. The third kappa shape index (κ3) is 5.02. The van der Waals surface area contributed by atoms with Crippen molar-refractivity contribution in [3.63, 3.8) is 0 Å². The average molecular weight is 338 g/mol. The summed E-state index contributed by atoms with van der Waals surface area (Å²) in [6.07, 6.45) is 4.38. The van der Waals surface area contributed by atoms with Crippen LogP contribution in [0.1, 0.15) is 53.4 Å². The maximum atomic E-state index is 11.5. The highest BCUT2D eigenvalue weighted by Gasteiger charge is 2.31. The predicted octanol–water partition coefficient (Wildman–Crippen LogP) is 3.96. The molecule has 0 bridgehead atoms. The largest absolute Gasteiger partial charge is 0.462 e. The Morgan fingerprint density at radius 1 is 1.50 bits per heavy atom. The summed E-state index contributed by atoms with van der Waals surface area (Å²) in [7, 11) is 0. The molecule has 0 aromatic carbocycles. The Bertz CT molecular complexity index is 245. The van der Waals surface area contributed by atoms with Gasteiger partial charge in [0.05, 0.1) is 12.0 Å². The van der Waals surface area contributed by atoms with Crippen LogP contribution in [0.4, 0.5) is 0 Å². The van der Waals surface area contributed by atoms with E-state index >= 15 is 0 Å². The summed E-state index contributed by atoms with van der Waals surface area (Å²) in [5, 5.41) is 0. The van der Waals surface area contributed by atoms with E-state index in [0.717, 1.165) is 19.3 Å². The number of hydrogen-bond donors (Lipinski definition) is 0. The molecule has 3 heteroatoms. The second kappa shape index (κ2) is 5.69. The van der Waals surface area contributed by atoms with Gasteiger partial charge in [-0.1, -0.05) is 43.4 Å². The van der Waals surface area contributed by atoms with Crippen LogP contribution in [0.15, 0.2) is 0 Å². The van der Waals surface area contributed by atoms with Crippen molar-refractivity contribution >= 4 is 28.6 Å². The van der Waals surface area contributed by atoms with Gasteiger partial charge in [-0.2, -0.15) is 0 Å². The van der Waals surface area contributed by atoms with Crippen LogP contribution in [-0.4, -0.2) is 16.0 Å². The Kier molecular flexibility index (Phi) is 5.08. The maximum absolute atomic E-state index is 11.5. The molecule has 1 fully saturated rings. The van der Waals surface area contributed by atoms with Crippen LogP contribution in [0.3, 0.4) is 0 Å². The number of rotatable bonds is 4. The number of esters is 1. The van der Waals surface area contributed by atoms with Crippen molar-refractivity contribution in [3.05, 3.63) is 0 Å². The lowest BCUT2D eigenvalue weighted by Gasteiger charge is -2.22. The zero-order valence-electron chi connectivity index (χ0n) is 10.8. The van der Waals surface area contributed by atoms with Crippen LogP contribution in [-0.2, 0) is 9.53 Å². The Morgan fingerprint density at radius 2 is 2.12 bits per heavy atom. The van der Waals surface area contributed by atoms with Gasteiger partial charge >= 0.3 is 5.97 Å². The molecule has 1 saturated heterocycles. The molecule has 1 heterocycles. The van der Waals surface area contributed by atoms with Crippen molar-refractivity contribution in [3.8, 4) is 0 Å². The minimum Gasteiger partial charge on any atom is -0.462 e.